The van der Waals surface area contributed by atoms with E-state index in [2.05, 4.69) is 148 Å². The third kappa shape index (κ3) is 3.10. The van der Waals surface area contributed by atoms with Gasteiger partial charge in [-0.3, -0.25) is 0 Å². The van der Waals surface area contributed by atoms with Crippen molar-refractivity contribution >= 4 is 75.7 Å². The van der Waals surface area contributed by atoms with Crippen molar-refractivity contribution in [1.82, 2.24) is 0 Å². The maximum absolute atomic E-state index is 3.12. The summed E-state index contributed by atoms with van der Waals surface area (Å²) in [6.45, 7) is 0. The zero-order chi connectivity index (χ0) is 21.5. The van der Waals surface area contributed by atoms with Crippen molar-refractivity contribution in [2.45, 2.75) is 0 Å². The Morgan fingerprint density at radius 2 is 0.625 bits per heavy atom. The molecule has 0 fully saturated rings. The molecule has 6 rings (SSSR count). The van der Waals surface area contributed by atoms with Crippen LogP contribution in [0.25, 0.3) is 32.3 Å². The number of hydrogen-bond acceptors (Lipinski definition) is 0. The quantitative estimate of drug-likeness (QED) is 0.165. The zero-order valence-electron chi connectivity index (χ0n) is 17.5. The minimum absolute atomic E-state index is 1.32. The number of benzene rings is 6. The van der Waals surface area contributed by atoms with Crippen molar-refractivity contribution in [3.05, 3.63) is 127 Å². The van der Waals surface area contributed by atoms with Crippen LogP contribution in [0.2, 0.25) is 0 Å². The van der Waals surface area contributed by atoms with E-state index < -0.39 is 9.96 Å². The average Bonchev–Trinajstić information content (AvgIpc) is 2.87. The van der Waals surface area contributed by atoms with E-state index in [-0.39, 0.29) is 0 Å². The third-order valence-corrected chi connectivity index (χ3v) is 23.0. The van der Waals surface area contributed by atoms with Crippen LogP contribution in [0.5, 0.6) is 0 Å². The standard InChI is InChI=1S/C30H21GeI/c32-31(28-19-7-13-22-10-1-4-16-25(22)28,29-20-8-14-23-11-2-5-17-26(23)29)30-21-9-15-24-12-3-6-18-27(24)30/h1-21H. The van der Waals surface area contributed by atoms with Crippen LogP contribution in [0.1, 0.15) is 0 Å². The Morgan fingerprint density at radius 3 is 0.969 bits per heavy atom. The van der Waals surface area contributed by atoms with Crippen LogP contribution < -0.4 is 13.2 Å². The van der Waals surface area contributed by atoms with Crippen molar-refractivity contribution in [2.24, 2.45) is 0 Å². The molecule has 0 spiro atoms. The summed E-state index contributed by atoms with van der Waals surface area (Å²) in [5.41, 5.74) is 0. The molecular weight excluding hydrogens is 560 g/mol. The van der Waals surface area contributed by atoms with Gasteiger partial charge >= 0.3 is 203 Å². The SMILES string of the molecule is [I][Ge]([c]1cccc2ccccc12)([c]1cccc2ccccc12)[c]1cccc2ccccc12. The second kappa shape index (κ2) is 8.06. The Morgan fingerprint density at radius 1 is 0.344 bits per heavy atom. The monoisotopic (exact) mass is 582 g/mol. The predicted molar refractivity (Wildman–Crippen MR) is 151 cm³/mol. The fourth-order valence-corrected chi connectivity index (χ4v) is 20.0. The number of halogens is 1. The van der Waals surface area contributed by atoms with Gasteiger partial charge in [0, 0.05) is 0 Å². The van der Waals surface area contributed by atoms with E-state index >= 15 is 0 Å². The number of fused-ring (bicyclic) bond motifs is 3. The molecule has 0 aliphatic rings. The summed E-state index contributed by atoms with van der Waals surface area (Å²) in [6.07, 6.45) is 0. The zero-order valence-corrected chi connectivity index (χ0v) is 21.8. The molecule has 2 heteroatoms. The molecular formula is C30H21GeI. The Balaban J connectivity index is 1.81. The second-order valence-electron chi connectivity index (χ2n) is 8.24. The van der Waals surface area contributed by atoms with Crippen molar-refractivity contribution in [3.63, 3.8) is 0 Å². The van der Waals surface area contributed by atoms with Crippen LogP contribution in [0.3, 0.4) is 0 Å². The number of hydrogen-bond donors (Lipinski definition) is 0. The van der Waals surface area contributed by atoms with E-state index in [4.69, 9.17) is 0 Å². The molecule has 0 radical (unpaired) electrons. The van der Waals surface area contributed by atoms with Crippen LogP contribution in [0.15, 0.2) is 127 Å². The first-order chi connectivity index (χ1) is 15.8. The predicted octanol–water partition coefficient (Wildman–Crippen LogP) is 6.55. The molecule has 0 heterocycles. The molecule has 0 aliphatic heterocycles. The second-order valence-corrected chi connectivity index (χ2v) is 22.8. The molecule has 0 atom stereocenters. The van der Waals surface area contributed by atoms with Gasteiger partial charge < -0.3 is 0 Å². The van der Waals surface area contributed by atoms with Crippen molar-refractivity contribution in [2.75, 3.05) is 0 Å². The Bertz CT molecular complexity index is 1390. The van der Waals surface area contributed by atoms with Gasteiger partial charge in [-0.1, -0.05) is 0 Å². The molecule has 0 nitrogen and oxygen atoms in total. The van der Waals surface area contributed by atoms with E-state index in [1.165, 1.54) is 45.5 Å². The first-order valence-electron chi connectivity index (χ1n) is 10.9. The van der Waals surface area contributed by atoms with Crippen molar-refractivity contribution < 1.29 is 0 Å². The van der Waals surface area contributed by atoms with Gasteiger partial charge in [0.15, 0.2) is 0 Å². The fourth-order valence-electron chi connectivity index (χ4n) is 5.01. The van der Waals surface area contributed by atoms with E-state index in [1.807, 2.05) is 0 Å². The first-order valence-corrected chi connectivity index (χ1v) is 20.4. The molecule has 0 N–H and O–H groups in total. The molecule has 32 heavy (non-hydrogen) atoms. The van der Waals surface area contributed by atoms with E-state index in [0.29, 0.717) is 0 Å². The van der Waals surface area contributed by atoms with Crippen LogP contribution in [-0.4, -0.2) is 9.96 Å². The topological polar surface area (TPSA) is 0 Å². The van der Waals surface area contributed by atoms with Gasteiger partial charge in [0.05, 0.1) is 0 Å². The van der Waals surface area contributed by atoms with Gasteiger partial charge in [-0.15, -0.1) is 0 Å². The molecule has 0 aromatic heterocycles. The summed E-state index contributed by atoms with van der Waals surface area (Å²) in [7, 11) is -3.12. The fraction of sp³-hybridized carbons (Fsp3) is 0. The maximum atomic E-state index is 2.90. The molecule has 0 amide bonds. The Labute approximate surface area is 201 Å². The Kier molecular flexibility index (Phi) is 5.04. The van der Waals surface area contributed by atoms with Crippen LogP contribution in [0, 0.1) is 0 Å². The van der Waals surface area contributed by atoms with E-state index in [9.17, 15) is 0 Å². The van der Waals surface area contributed by atoms with Gasteiger partial charge in [-0.25, -0.2) is 0 Å². The van der Waals surface area contributed by atoms with Gasteiger partial charge in [-0.2, -0.15) is 0 Å². The molecule has 6 aromatic carbocycles. The van der Waals surface area contributed by atoms with Crippen molar-refractivity contribution in [1.29, 1.82) is 0 Å². The molecule has 152 valence electrons. The molecule has 0 saturated heterocycles. The summed E-state index contributed by atoms with van der Waals surface area (Å²) in [5.74, 6) is 0. The van der Waals surface area contributed by atoms with Crippen molar-refractivity contribution in [3.8, 4) is 0 Å². The molecule has 0 bridgehead atoms. The van der Waals surface area contributed by atoms with Gasteiger partial charge in [-0.05, 0) is 0 Å². The summed E-state index contributed by atoms with van der Waals surface area (Å²) >= 11 is 2.90. The summed E-state index contributed by atoms with van der Waals surface area (Å²) in [4.78, 5) is 0. The summed E-state index contributed by atoms with van der Waals surface area (Å²) in [6, 6.07) is 47.2. The minimum atomic E-state index is -3.12. The third-order valence-electron chi connectivity index (χ3n) is 6.48. The normalized spacial score (nSPS) is 11.9. The van der Waals surface area contributed by atoms with E-state index in [0.717, 1.165) is 0 Å². The van der Waals surface area contributed by atoms with E-state index in [1.54, 1.807) is 0 Å². The summed E-state index contributed by atoms with van der Waals surface area (Å²) < 4.78 is 4.53. The molecule has 0 aliphatic carbocycles. The van der Waals surface area contributed by atoms with Gasteiger partial charge in [0.2, 0.25) is 0 Å². The van der Waals surface area contributed by atoms with Gasteiger partial charge in [0.25, 0.3) is 0 Å². The number of rotatable bonds is 3. The molecule has 6 aromatic rings. The summed E-state index contributed by atoms with van der Waals surface area (Å²) in [5, 5.41) is 8.09. The molecule has 0 saturated carbocycles. The van der Waals surface area contributed by atoms with Crippen LogP contribution >= 0.6 is 20.2 Å². The van der Waals surface area contributed by atoms with Gasteiger partial charge in [0.1, 0.15) is 0 Å². The van der Waals surface area contributed by atoms with Crippen LogP contribution in [0.4, 0.5) is 0 Å². The Hall–Kier alpha value is -2.63. The first kappa shape index (κ1) is 20.0. The van der Waals surface area contributed by atoms with Crippen LogP contribution in [-0.2, 0) is 0 Å². The average molecular weight is 581 g/mol. The molecule has 0 unspecified atom stereocenters.